The molecule has 2 aromatic heterocycles. The SMILES string of the molecule is CC(=O)N1CCO[C@H](COc2nc(-c3ccc(N(C)C)c(Cl)c3)cc3nccnc23)C1.S. The van der Waals surface area contributed by atoms with E-state index in [1.807, 2.05) is 43.3 Å². The second-order valence-corrected chi connectivity index (χ2v) is 7.97. The molecule has 1 atom stereocenters. The molecule has 0 bridgehead atoms. The fourth-order valence-corrected chi connectivity index (χ4v) is 3.85. The molecule has 0 spiro atoms. The maximum atomic E-state index is 11.7. The molecule has 4 rings (SSSR count). The van der Waals surface area contributed by atoms with Crippen molar-refractivity contribution in [3.8, 4) is 17.1 Å². The molecule has 32 heavy (non-hydrogen) atoms. The van der Waals surface area contributed by atoms with Crippen LogP contribution < -0.4 is 9.64 Å². The fraction of sp³-hybridized carbons (Fsp3) is 0.364. The highest BCUT2D eigenvalue weighted by Gasteiger charge is 2.23. The van der Waals surface area contributed by atoms with Gasteiger partial charge in [0.2, 0.25) is 11.8 Å². The van der Waals surface area contributed by atoms with E-state index in [1.165, 1.54) is 0 Å². The Morgan fingerprint density at radius 1 is 1.28 bits per heavy atom. The molecule has 8 nitrogen and oxygen atoms in total. The molecule has 3 heterocycles. The van der Waals surface area contributed by atoms with E-state index in [4.69, 9.17) is 26.1 Å². The highest BCUT2D eigenvalue weighted by Crippen LogP contribution is 2.32. The number of amides is 1. The number of nitrogens with zero attached hydrogens (tertiary/aromatic N) is 5. The minimum Gasteiger partial charge on any atom is -0.473 e. The number of rotatable bonds is 5. The lowest BCUT2D eigenvalue weighted by Crippen LogP contribution is -2.46. The summed E-state index contributed by atoms with van der Waals surface area (Å²) in [4.78, 5) is 28.9. The van der Waals surface area contributed by atoms with Crippen LogP contribution in [-0.2, 0) is 9.53 Å². The summed E-state index contributed by atoms with van der Waals surface area (Å²) in [5, 5.41) is 0.631. The van der Waals surface area contributed by atoms with E-state index < -0.39 is 0 Å². The van der Waals surface area contributed by atoms with E-state index in [0.717, 1.165) is 11.3 Å². The molecule has 1 aliphatic heterocycles. The molecular weight excluding hydrogens is 450 g/mol. The van der Waals surface area contributed by atoms with Crippen LogP contribution >= 0.6 is 25.1 Å². The van der Waals surface area contributed by atoms with Crippen LogP contribution in [0.1, 0.15) is 6.92 Å². The van der Waals surface area contributed by atoms with Crippen molar-refractivity contribution in [1.29, 1.82) is 0 Å². The molecule has 3 aromatic rings. The zero-order chi connectivity index (χ0) is 22.0. The number of ether oxygens (including phenoxy) is 2. The first-order valence-corrected chi connectivity index (χ1v) is 10.4. The number of carbonyl (C=O) groups excluding carboxylic acids is 1. The first-order chi connectivity index (χ1) is 14.9. The van der Waals surface area contributed by atoms with Crippen molar-refractivity contribution in [2.45, 2.75) is 13.0 Å². The molecule has 0 radical (unpaired) electrons. The van der Waals surface area contributed by atoms with Crippen LogP contribution in [0.15, 0.2) is 36.7 Å². The summed E-state index contributed by atoms with van der Waals surface area (Å²) >= 11 is 6.46. The third-order valence-electron chi connectivity index (χ3n) is 5.14. The van der Waals surface area contributed by atoms with Crippen LogP contribution in [-0.4, -0.2) is 72.3 Å². The summed E-state index contributed by atoms with van der Waals surface area (Å²) in [6.07, 6.45) is 3.00. The molecular formula is C22H26ClN5O3S. The first-order valence-electron chi connectivity index (χ1n) is 10.0. The second kappa shape index (κ2) is 10.3. The van der Waals surface area contributed by atoms with Gasteiger partial charge in [0.05, 0.1) is 35.1 Å². The van der Waals surface area contributed by atoms with Gasteiger partial charge in [-0.15, -0.1) is 0 Å². The molecule has 0 unspecified atom stereocenters. The van der Waals surface area contributed by atoms with Gasteiger partial charge in [0.1, 0.15) is 12.7 Å². The van der Waals surface area contributed by atoms with Gasteiger partial charge in [0, 0.05) is 45.5 Å². The fourth-order valence-electron chi connectivity index (χ4n) is 3.50. The highest BCUT2D eigenvalue weighted by atomic mass is 35.5. The maximum Gasteiger partial charge on any atom is 0.242 e. The van der Waals surface area contributed by atoms with Gasteiger partial charge in [-0.2, -0.15) is 13.5 Å². The van der Waals surface area contributed by atoms with E-state index in [9.17, 15) is 4.79 Å². The van der Waals surface area contributed by atoms with Gasteiger partial charge < -0.3 is 19.3 Å². The Morgan fingerprint density at radius 2 is 2.06 bits per heavy atom. The molecule has 1 amide bonds. The van der Waals surface area contributed by atoms with Gasteiger partial charge in [0.25, 0.3) is 0 Å². The van der Waals surface area contributed by atoms with Crippen LogP contribution in [0.5, 0.6) is 5.88 Å². The lowest BCUT2D eigenvalue weighted by molar-refractivity contribution is -0.137. The number of pyridine rings is 1. The monoisotopic (exact) mass is 475 g/mol. The van der Waals surface area contributed by atoms with Crippen LogP contribution in [0.3, 0.4) is 0 Å². The van der Waals surface area contributed by atoms with E-state index in [-0.39, 0.29) is 32.1 Å². The average molecular weight is 476 g/mol. The Hall–Kier alpha value is -2.62. The average Bonchev–Trinajstić information content (AvgIpc) is 2.77. The smallest absolute Gasteiger partial charge is 0.242 e. The molecule has 1 aromatic carbocycles. The summed E-state index contributed by atoms with van der Waals surface area (Å²) in [6, 6.07) is 7.66. The van der Waals surface area contributed by atoms with E-state index in [2.05, 4.69) is 9.97 Å². The van der Waals surface area contributed by atoms with Crippen LogP contribution in [0.4, 0.5) is 5.69 Å². The molecule has 0 aliphatic carbocycles. The topological polar surface area (TPSA) is 80.7 Å². The van der Waals surface area contributed by atoms with Crippen LogP contribution in [0.2, 0.25) is 5.02 Å². The number of carbonyl (C=O) groups is 1. The Bertz CT molecular complexity index is 1110. The predicted molar refractivity (Wildman–Crippen MR) is 130 cm³/mol. The number of hydrogen-bond donors (Lipinski definition) is 0. The van der Waals surface area contributed by atoms with Gasteiger partial charge in [-0.05, 0) is 18.2 Å². The summed E-state index contributed by atoms with van der Waals surface area (Å²) in [5.74, 6) is 0.403. The third-order valence-corrected chi connectivity index (χ3v) is 5.44. The van der Waals surface area contributed by atoms with E-state index >= 15 is 0 Å². The van der Waals surface area contributed by atoms with Crippen molar-refractivity contribution >= 4 is 47.7 Å². The van der Waals surface area contributed by atoms with Gasteiger partial charge in [-0.1, -0.05) is 17.7 Å². The van der Waals surface area contributed by atoms with Crippen LogP contribution in [0, 0.1) is 0 Å². The normalized spacial score (nSPS) is 15.9. The molecule has 1 saturated heterocycles. The highest BCUT2D eigenvalue weighted by molar-refractivity contribution is 7.59. The number of halogens is 1. The number of hydrogen-bond acceptors (Lipinski definition) is 7. The predicted octanol–water partition coefficient (Wildman–Crippen LogP) is 3.15. The van der Waals surface area contributed by atoms with Gasteiger partial charge in [-0.3, -0.25) is 9.78 Å². The van der Waals surface area contributed by atoms with Crippen LogP contribution in [0.25, 0.3) is 22.3 Å². The van der Waals surface area contributed by atoms with Crippen molar-refractivity contribution in [1.82, 2.24) is 19.9 Å². The number of morpholine rings is 1. The van der Waals surface area contributed by atoms with Gasteiger partial charge in [0.15, 0.2) is 5.52 Å². The summed E-state index contributed by atoms with van der Waals surface area (Å²) in [6.45, 7) is 3.38. The van der Waals surface area contributed by atoms with Crippen molar-refractivity contribution in [3.05, 3.63) is 41.7 Å². The molecule has 0 N–H and O–H groups in total. The maximum absolute atomic E-state index is 11.7. The zero-order valence-electron chi connectivity index (χ0n) is 18.2. The molecule has 1 fully saturated rings. The molecule has 170 valence electrons. The lowest BCUT2D eigenvalue weighted by Gasteiger charge is -2.32. The minimum atomic E-state index is -0.233. The first kappa shape index (κ1) is 24.0. The van der Waals surface area contributed by atoms with E-state index in [1.54, 1.807) is 24.2 Å². The molecule has 0 saturated carbocycles. The lowest BCUT2D eigenvalue weighted by atomic mass is 10.1. The number of fused-ring (bicyclic) bond motifs is 1. The number of benzene rings is 1. The van der Waals surface area contributed by atoms with Gasteiger partial charge in [-0.25, -0.2) is 9.97 Å². The Labute approximate surface area is 199 Å². The summed E-state index contributed by atoms with van der Waals surface area (Å²) in [5.41, 5.74) is 3.70. The Morgan fingerprint density at radius 3 is 2.78 bits per heavy atom. The summed E-state index contributed by atoms with van der Waals surface area (Å²) in [7, 11) is 3.88. The molecule has 10 heteroatoms. The Kier molecular flexibility index (Phi) is 7.76. The van der Waals surface area contributed by atoms with E-state index in [0.29, 0.717) is 47.3 Å². The third kappa shape index (κ3) is 5.23. The second-order valence-electron chi connectivity index (χ2n) is 7.57. The van der Waals surface area contributed by atoms with Gasteiger partial charge >= 0.3 is 0 Å². The van der Waals surface area contributed by atoms with Crippen molar-refractivity contribution in [2.75, 3.05) is 45.3 Å². The van der Waals surface area contributed by atoms with Crippen molar-refractivity contribution < 1.29 is 14.3 Å². The summed E-state index contributed by atoms with van der Waals surface area (Å²) < 4.78 is 11.8. The Balaban J connectivity index is 0.00000289. The largest absolute Gasteiger partial charge is 0.473 e. The number of aromatic nitrogens is 3. The quantitative estimate of drug-likeness (QED) is 0.560. The van der Waals surface area contributed by atoms with Crippen molar-refractivity contribution in [3.63, 3.8) is 0 Å². The standard InChI is InChI=1S/C22H24ClN5O3.H2S/c1-14(29)28-8-9-30-16(12-28)13-31-22-21-19(24-6-7-25-21)11-18(26-22)15-4-5-20(27(2)3)17(23)10-15;/h4-7,10-11,16H,8-9,12-13H2,1-3H3;1H2/t16-;/m0./s1. The number of anilines is 1. The van der Waals surface area contributed by atoms with Crippen molar-refractivity contribution in [2.24, 2.45) is 0 Å². The zero-order valence-corrected chi connectivity index (χ0v) is 20.0. The minimum absolute atomic E-state index is 0. The molecule has 1 aliphatic rings.